The normalized spacial score (nSPS) is 19.7. The van der Waals surface area contributed by atoms with E-state index in [4.69, 9.17) is 9.47 Å². The van der Waals surface area contributed by atoms with Crippen LogP contribution in [-0.4, -0.2) is 29.1 Å². The third-order valence-electron chi connectivity index (χ3n) is 3.45. The molecule has 1 aliphatic rings. The fraction of sp³-hybridized carbons (Fsp3) is 0.533. The van der Waals surface area contributed by atoms with Crippen molar-refractivity contribution in [1.82, 2.24) is 9.78 Å². The topological polar surface area (TPSA) is 36.3 Å². The van der Waals surface area contributed by atoms with Crippen LogP contribution in [0.3, 0.4) is 0 Å². The molecule has 108 valence electrons. The molecule has 0 saturated carbocycles. The van der Waals surface area contributed by atoms with Crippen LogP contribution in [0.25, 0.3) is 10.9 Å². The predicted molar refractivity (Wildman–Crippen MR) is 82.3 cm³/mol. The molecule has 2 aromatic rings. The number of fused-ring (bicyclic) bond motifs is 1. The van der Waals surface area contributed by atoms with Gasteiger partial charge in [-0.2, -0.15) is 5.10 Å². The van der Waals surface area contributed by atoms with Gasteiger partial charge in [-0.25, -0.2) is 0 Å². The lowest BCUT2D eigenvalue weighted by atomic mass is 10.1. The Labute approximate surface area is 127 Å². The highest BCUT2D eigenvalue weighted by atomic mass is 79.9. The van der Waals surface area contributed by atoms with Crippen molar-refractivity contribution in [2.75, 3.05) is 13.2 Å². The molecule has 1 fully saturated rings. The highest BCUT2D eigenvalue weighted by Gasteiger charge is 2.18. The van der Waals surface area contributed by atoms with Crippen LogP contribution in [0.1, 0.15) is 32.7 Å². The second-order valence-corrected chi connectivity index (χ2v) is 6.34. The van der Waals surface area contributed by atoms with Crippen molar-refractivity contribution in [2.45, 2.75) is 38.8 Å². The molecule has 1 atom stereocenters. The van der Waals surface area contributed by atoms with Crippen molar-refractivity contribution in [3.05, 3.63) is 22.8 Å². The minimum absolute atomic E-state index is 0.151. The van der Waals surface area contributed by atoms with Crippen LogP contribution in [-0.2, 0) is 4.74 Å². The molecular formula is C15H19BrN2O2. The number of hydrogen-bond donors (Lipinski definition) is 0. The fourth-order valence-electron chi connectivity index (χ4n) is 2.51. The average Bonchev–Trinajstić information content (AvgIpc) is 2.82. The van der Waals surface area contributed by atoms with Gasteiger partial charge in [0, 0.05) is 24.3 Å². The van der Waals surface area contributed by atoms with E-state index in [1.807, 2.05) is 24.6 Å². The van der Waals surface area contributed by atoms with E-state index in [1.165, 1.54) is 0 Å². The first-order valence-electron chi connectivity index (χ1n) is 7.06. The number of halogens is 1. The van der Waals surface area contributed by atoms with Crippen LogP contribution in [0.15, 0.2) is 22.8 Å². The summed E-state index contributed by atoms with van der Waals surface area (Å²) in [7, 11) is 0. The third kappa shape index (κ3) is 2.83. The predicted octanol–water partition coefficient (Wildman–Crippen LogP) is 3.94. The van der Waals surface area contributed by atoms with Crippen molar-refractivity contribution < 1.29 is 9.47 Å². The molecule has 1 aromatic carbocycles. The third-order valence-corrected chi connectivity index (χ3v) is 4.07. The maximum absolute atomic E-state index is 5.79. The summed E-state index contributed by atoms with van der Waals surface area (Å²) in [6, 6.07) is 4.42. The van der Waals surface area contributed by atoms with Crippen molar-refractivity contribution in [2.24, 2.45) is 0 Å². The highest BCUT2D eigenvalue weighted by Crippen LogP contribution is 2.31. The van der Waals surface area contributed by atoms with E-state index >= 15 is 0 Å². The van der Waals surface area contributed by atoms with Crippen LogP contribution in [0.4, 0.5) is 0 Å². The van der Waals surface area contributed by atoms with Gasteiger partial charge in [0.05, 0.1) is 28.7 Å². The van der Waals surface area contributed by atoms with E-state index < -0.39 is 0 Å². The largest absolute Gasteiger partial charge is 0.490 e. The number of nitrogens with zero attached hydrogens (tertiary/aromatic N) is 2. The first-order valence-corrected chi connectivity index (χ1v) is 7.85. The zero-order chi connectivity index (χ0) is 14.1. The zero-order valence-electron chi connectivity index (χ0n) is 11.8. The molecule has 0 bridgehead atoms. The van der Waals surface area contributed by atoms with Gasteiger partial charge in [0.2, 0.25) is 0 Å². The van der Waals surface area contributed by atoms with Crippen molar-refractivity contribution in [3.63, 3.8) is 0 Å². The molecule has 0 N–H and O–H groups in total. The lowest BCUT2D eigenvalue weighted by Crippen LogP contribution is -2.21. The van der Waals surface area contributed by atoms with Crippen molar-refractivity contribution in [1.29, 1.82) is 0 Å². The monoisotopic (exact) mass is 338 g/mol. The quantitative estimate of drug-likeness (QED) is 0.850. The van der Waals surface area contributed by atoms with Gasteiger partial charge in [-0.1, -0.05) is 0 Å². The smallest absolute Gasteiger partial charge is 0.136 e. The summed E-state index contributed by atoms with van der Waals surface area (Å²) in [5, 5.41) is 5.80. The summed E-state index contributed by atoms with van der Waals surface area (Å²) in [5.74, 6) is 0.845. The van der Waals surface area contributed by atoms with E-state index in [0.29, 0.717) is 6.04 Å². The van der Waals surface area contributed by atoms with Gasteiger partial charge in [-0.15, -0.1) is 0 Å². The lowest BCUT2D eigenvalue weighted by Gasteiger charge is -2.22. The molecule has 1 aliphatic heterocycles. The van der Waals surface area contributed by atoms with Gasteiger partial charge >= 0.3 is 0 Å². The number of ether oxygens (including phenoxy) is 2. The number of hydrogen-bond acceptors (Lipinski definition) is 3. The van der Waals surface area contributed by atoms with Gasteiger partial charge < -0.3 is 9.47 Å². The van der Waals surface area contributed by atoms with Gasteiger partial charge in [-0.05, 0) is 48.7 Å². The van der Waals surface area contributed by atoms with Gasteiger partial charge in [-0.3, -0.25) is 4.68 Å². The lowest BCUT2D eigenvalue weighted by molar-refractivity contribution is 0.0552. The number of benzene rings is 1. The summed E-state index contributed by atoms with van der Waals surface area (Å²) < 4.78 is 14.3. The van der Waals surface area contributed by atoms with Gasteiger partial charge in [0.1, 0.15) is 5.75 Å². The number of aromatic nitrogens is 2. The Bertz CT molecular complexity index is 603. The first kappa shape index (κ1) is 13.9. The van der Waals surface area contributed by atoms with Crippen LogP contribution in [0.5, 0.6) is 5.75 Å². The van der Waals surface area contributed by atoms with Crippen LogP contribution < -0.4 is 4.74 Å². The maximum atomic E-state index is 5.79. The minimum Gasteiger partial charge on any atom is -0.490 e. The van der Waals surface area contributed by atoms with Crippen molar-refractivity contribution in [3.8, 4) is 5.75 Å². The Morgan fingerprint density at radius 2 is 2.30 bits per heavy atom. The maximum Gasteiger partial charge on any atom is 0.136 e. The molecule has 1 unspecified atom stereocenters. The molecule has 5 heteroatoms. The molecule has 2 heterocycles. The van der Waals surface area contributed by atoms with Crippen molar-refractivity contribution >= 4 is 26.8 Å². The SMILES string of the molecule is CC(C)Oc1cc2nn(C3CCCOC3)cc2cc1Br. The standard InChI is InChI=1S/C15H19BrN2O2/c1-10(2)20-15-7-14-11(6-13(15)16)8-18(17-14)12-4-3-5-19-9-12/h6-8,10,12H,3-5,9H2,1-2H3. The Morgan fingerprint density at radius 3 is 3.00 bits per heavy atom. The molecule has 20 heavy (non-hydrogen) atoms. The summed E-state index contributed by atoms with van der Waals surface area (Å²) in [6.07, 6.45) is 4.48. The molecule has 3 rings (SSSR count). The van der Waals surface area contributed by atoms with Gasteiger partial charge in [0.15, 0.2) is 0 Å². The first-order chi connectivity index (χ1) is 9.63. The molecule has 4 nitrogen and oxygen atoms in total. The van der Waals surface area contributed by atoms with E-state index in [0.717, 1.165) is 47.2 Å². The van der Waals surface area contributed by atoms with Crippen LogP contribution in [0.2, 0.25) is 0 Å². The molecule has 0 spiro atoms. The minimum atomic E-state index is 0.151. The zero-order valence-corrected chi connectivity index (χ0v) is 13.4. The second kappa shape index (κ2) is 5.74. The molecule has 0 amide bonds. The molecular weight excluding hydrogens is 320 g/mol. The average molecular weight is 339 g/mol. The van der Waals surface area contributed by atoms with E-state index in [1.54, 1.807) is 0 Å². The van der Waals surface area contributed by atoms with E-state index in [2.05, 4.69) is 33.3 Å². The Morgan fingerprint density at radius 1 is 1.45 bits per heavy atom. The summed E-state index contributed by atoms with van der Waals surface area (Å²) in [4.78, 5) is 0. The Kier molecular flexibility index (Phi) is 3.98. The summed E-state index contributed by atoms with van der Waals surface area (Å²) in [5.41, 5.74) is 0.967. The van der Waals surface area contributed by atoms with Crippen LogP contribution in [0, 0.1) is 0 Å². The number of rotatable bonds is 3. The van der Waals surface area contributed by atoms with E-state index in [9.17, 15) is 0 Å². The van der Waals surface area contributed by atoms with E-state index in [-0.39, 0.29) is 6.10 Å². The summed E-state index contributed by atoms with van der Waals surface area (Å²) in [6.45, 7) is 5.67. The molecule has 0 radical (unpaired) electrons. The summed E-state index contributed by atoms with van der Waals surface area (Å²) >= 11 is 3.56. The Balaban J connectivity index is 1.93. The van der Waals surface area contributed by atoms with Gasteiger partial charge in [0.25, 0.3) is 0 Å². The molecule has 0 aliphatic carbocycles. The highest BCUT2D eigenvalue weighted by molar-refractivity contribution is 9.10. The second-order valence-electron chi connectivity index (χ2n) is 5.49. The molecule has 1 aromatic heterocycles. The Hall–Kier alpha value is -1.07. The van der Waals surface area contributed by atoms with Crippen LogP contribution >= 0.6 is 15.9 Å². The fourth-order valence-corrected chi connectivity index (χ4v) is 2.96. The molecule has 1 saturated heterocycles.